The van der Waals surface area contributed by atoms with Crippen LogP contribution in [-0.4, -0.2) is 15.9 Å². The Labute approximate surface area is 133 Å². The second kappa shape index (κ2) is 6.75. The van der Waals surface area contributed by atoms with Crippen LogP contribution in [0.2, 0.25) is 5.02 Å². The van der Waals surface area contributed by atoms with E-state index >= 15 is 0 Å². The van der Waals surface area contributed by atoms with E-state index in [-0.39, 0.29) is 17.9 Å². The lowest BCUT2D eigenvalue weighted by Crippen LogP contribution is -2.20. The average Bonchev–Trinajstić information content (AvgIpc) is 2.42. The van der Waals surface area contributed by atoms with Gasteiger partial charge in [-0.1, -0.05) is 17.7 Å². The Balaban J connectivity index is 2.05. The molecule has 5 nitrogen and oxygen atoms in total. The standard InChI is InChI=1S/C16H18ClN3O2/c1-9-13(17)5-4-6-14(9)20-15(21)8-7-12-10(2)18-11(3)19-16(12)22/h4-6H,7-8H2,1-3H3,(H,20,21)(H,18,19,22). The molecule has 22 heavy (non-hydrogen) atoms. The van der Waals surface area contributed by atoms with E-state index in [1.165, 1.54) is 0 Å². The summed E-state index contributed by atoms with van der Waals surface area (Å²) >= 11 is 6.02. The van der Waals surface area contributed by atoms with Crippen LogP contribution in [0.15, 0.2) is 23.0 Å². The van der Waals surface area contributed by atoms with Crippen LogP contribution in [0.25, 0.3) is 0 Å². The van der Waals surface area contributed by atoms with Crippen molar-refractivity contribution in [1.82, 2.24) is 9.97 Å². The number of anilines is 1. The molecule has 2 aromatic rings. The Bertz CT molecular complexity index is 768. The van der Waals surface area contributed by atoms with Gasteiger partial charge in [-0.25, -0.2) is 4.98 Å². The van der Waals surface area contributed by atoms with Crippen LogP contribution in [0.4, 0.5) is 5.69 Å². The zero-order valence-corrected chi connectivity index (χ0v) is 13.5. The third kappa shape index (κ3) is 3.74. The molecule has 116 valence electrons. The summed E-state index contributed by atoms with van der Waals surface area (Å²) in [5.41, 5.74) is 2.53. The molecule has 0 spiro atoms. The van der Waals surface area contributed by atoms with Crippen molar-refractivity contribution in [3.05, 3.63) is 56.2 Å². The molecule has 0 saturated carbocycles. The number of nitrogens with zero attached hydrogens (tertiary/aromatic N) is 1. The van der Waals surface area contributed by atoms with Gasteiger partial charge < -0.3 is 10.3 Å². The van der Waals surface area contributed by atoms with Crippen LogP contribution in [0.3, 0.4) is 0 Å². The van der Waals surface area contributed by atoms with Crippen LogP contribution in [0.5, 0.6) is 0 Å². The molecule has 0 saturated heterocycles. The fraction of sp³-hybridized carbons (Fsp3) is 0.312. The van der Waals surface area contributed by atoms with Crippen molar-refractivity contribution in [3.8, 4) is 0 Å². The van der Waals surface area contributed by atoms with Crippen LogP contribution >= 0.6 is 11.6 Å². The number of carbonyl (C=O) groups is 1. The lowest BCUT2D eigenvalue weighted by Gasteiger charge is -2.10. The number of nitrogens with one attached hydrogen (secondary N) is 2. The number of aromatic amines is 1. The van der Waals surface area contributed by atoms with E-state index in [0.29, 0.717) is 34.2 Å². The molecule has 6 heteroatoms. The number of benzene rings is 1. The van der Waals surface area contributed by atoms with Crippen molar-refractivity contribution < 1.29 is 4.79 Å². The molecular formula is C16H18ClN3O2. The van der Waals surface area contributed by atoms with Crippen molar-refractivity contribution in [3.63, 3.8) is 0 Å². The Hall–Kier alpha value is -2.14. The summed E-state index contributed by atoms with van der Waals surface area (Å²) < 4.78 is 0. The quantitative estimate of drug-likeness (QED) is 0.909. The fourth-order valence-corrected chi connectivity index (χ4v) is 2.41. The van der Waals surface area contributed by atoms with Crippen molar-refractivity contribution in [1.29, 1.82) is 0 Å². The van der Waals surface area contributed by atoms with Crippen molar-refractivity contribution in [2.24, 2.45) is 0 Å². The second-order valence-electron chi connectivity index (χ2n) is 5.18. The number of H-pyrrole nitrogens is 1. The number of hydrogen-bond donors (Lipinski definition) is 2. The SMILES string of the molecule is Cc1nc(C)c(CCC(=O)Nc2cccc(Cl)c2C)c(=O)[nH]1. The van der Waals surface area contributed by atoms with Gasteiger partial charge in [0, 0.05) is 28.4 Å². The highest BCUT2D eigenvalue weighted by atomic mass is 35.5. The third-order valence-corrected chi connectivity index (χ3v) is 3.89. The molecule has 0 aliphatic carbocycles. The first-order chi connectivity index (χ1) is 10.4. The molecule has 1 heterocycles. The predicted molar refractivity (Wildman–Crippen MR) is 87.5 cm³/mol. The van der Waals surface area contributed by atoms with E-state index in [2.05, 4.69) is 15.3 Å². The zero-order chi connectivity index (χ0) is 16.3. The van der Waals surface area contributed by atoms with Crippen molar-refractivity contribution in [2.75, 3.05) is 5.32 Å². The van der Waals surface area contributed by atoms with Gasteiger partial charge in [0.2, 0.25) is 5.91 Å². The summed E-state index contributed by atoms with van der Waals surface area (Å²) in [6.07, 6.45) is 0.556. The summed E-state index contributed by atoms with van der Waals surface area (Å²) in [6, 6.07) is 5.35. The fourth-order valence-electron chi connectivity index (χ4n) is 2.24. The molecule has 0 atom stereocenters. The number of amides is 1. The summed E-state index contributed by atoms with van der Waals surface area (Å²) in [7, 11) is 0. The normalized spacial score (nSPS) is 10.5. The van der Waals surface area contributed by atoms with Crippen LogP contribution < -0.4 is 10.9 Å². The number of hydrogen-bond acceptors (Lipinski definition) is 3. The van der Waals surface area contributed by atoms with E-state index in [1.54, 1.807) is 32.0 Å². The highest BCUT2D eigenvalue weighted by Crippen LogP contribution is 2.23. The van der Waals surface area contributed by atoms with E-state index in [9.17, 15) is 9.59 Å². The Kier molecular flexibility index (Phi) is 4.98. The third-order valence-electron chi connectivity index (χ3n) is 3.48. The maximum Gasteiger partial charge on any atom is 0.254 e. The molecule has 2 rings (SSSR count). The number of carbonyl (C=O) groups excluding carboxylic acids is 1. The monoisotopic (exact) mass is 319 g/mol. The van der Waals surface area contributed by atoms with Gasteiger partial charge in [0.05, 0.1) is 0 Å². The molecule has 0 radical (unpaired) electrons. The molecule has 1 aromatic carbocycles. The molecule has 2 N–H and O–H groups in total. The minimum Gasteiger partial charge on any atom is -0.326 e. The lowest BCUT2D eigenvalue weighted by atomic mass is 10.1. The second-order valence-corrected chi connectivity index (χ2v) is 5.58. The highest BCUT2D eigenvalue weighted by Gasteiger charge is 2.11. The van der Waals surface area contributed by atoms with Crippen LogP contribution in [0, 0.1) is 20.8 Å². The molecule has 0 aliphatic heterocycles. The minimum atomic E-state index is -0.184. The number of rotatable bonds is 4. The van der Waals surface area contributed by atoms with E-state index in [1.807, 2.05) is 6.92 Å². The molecule has 0 unspecified atom stereocenters. The van der Waals surface area contributed by atoms with Gasteiger partial charge >= 0.3 is 0 Å². The summed E-state index contributed by atoms with van der Waals surface area (Å²) in [5.74, 6) is 0.412. The smallest absolute Gasteiger partial charge is 0.254 e. The first kappa shape index (κ1) is 16.2. The first-order valence-corrected chi connectivity index (χ1v) is 7.37. The molecular weight excluding hydrogens is 302 g/mol. The molecule has 1 amide bonds. The number of aryl methyl sites for hydroxylation is 2. The lowest BCUT2D eigenvalue weighted by molar-refractivity contribution is -0.116. The van der Waals surface area contributed by atoms with E-state index in [4.69, 9.17) is 11.6 Å². The van der Waals surface area contributed by atoms with Gasteiger partial charge in [0.15, 0.2) is 0 Å². The number of halogens is 1. The zero-order valence-electron chi connectivity index (χ0n) is 12.8. The van der Waals surface area contributed by atoms with Gasteiger partial charge in [-0.15, -0.1) is 0 Å². The maximum atomic E-state index is 12.1. The number of aromatic nitrogens is 2. The summed E-state index contributed by atoms with van der Waals surface area (Å²) in [6.45, 7) is 5.35. The van der Waals surface area contributed by atoms with Crippen molar-refractivity contribution >= 4 is 23.2 Å². The van der Waals surface area contributed by atoms with Gasteiger partial charge in [-0.2, -0.15) is 0 Å². The highest BCUT2D eigenvalue weighted by molar-refractivity contribution is 6.31. The van der Waals surface area contributed by atoms with Gasteiger partial charge in [-0.05, 0) is 44.9 Å². The van der Waals surface area contributed by atoms with E-state index < -0.39 is 0 Å². The first-order valence-electron chi connectivity index (χ1n) is 7.00. The topological polar surface area (TPSA) is 74.8 Å². The summed E-state index contributed by atoms with van der Waals surface area (Å²) in [5, 5.41) is 3.42. The van der Waals surface area contributed by atoms with Crippen LogP contribution in [0.1, 0.15) is 29.1 Å². The average molecular weight is 320 g/mol. The van der Waals surface area contributed by atoms with Crippen molar-refractivity contribution in [2.45, 2.75) is 33.6 Å². The van der Waals surface area contributed by atoms with Gasteiger partial charge in [-0.3, -0.25) is 9.59 Å². The van der Waals surface area contributed by atoms with Gasteiger partial charge in [0.1, 0.15) is 5.82 Å². The minimum absolute atomic E-state index is 0.162. The van der Waals surface area contributed by atoms with Crippen LogP contribution in [-0.2, 0) is 11.2 Å². The molecule has 0 aliphatic rings. The largest absolute Gasteiger partial charge is 0.326 e. The Morgan fingerprint density at radius 2 is 2.05 bits per heavy atom. The van der Waals surface area contributed by atoms with Gasteiger partial charge in [0.25, 0.3) is 5.56 Å². The van der Waals surface area contributed by atoms with E-state index in [0.717, 1.165) is 5.56 Å². The maximum absolute atomic E-state index is 12.1. The Morgan fingerprint density at radius 1 is 1.32 bits per heavy atom. The molecule has 0 fully saturated rings. The predicted octanol–water partition coefficient (Wildman–Crippen LogP) is 2.92. The molecule has 1 aromatic heterocycles. The Morgan fingerprint density at radius 3 is 2.73 bits per heavy atom. The molecule has 0 bridgehead atoms. The summed E-state index contributed by atoms with van der Waals surface area (Å²) in [4.78, 5) is 30.8.